The van der Waals surface area contributed by atoms with E-state index in [1.807, 2.05) is 0 Å². The van der Waals surface area contributed by atoms with Gasteiger partial charge in [-0.2, -0.15) is 5.10 Å². The third-order valence-corrected chi connectivity index (χ3v) is 5.36. The Bertz CT molecular complexity index is 969. The van der Waals surface area contributed by atoms with E-state index in [1.54, 1.807) is 16.7 Å². The molecule has 1 atom stereocenters. The molecule has 0 aliphatic carbocycles. The van der Waals surface area contributed by atoms with Gasteiger partial charge in [0.05, 0.1) is 23.6 Å². The highest BCUT2D eigenvalue weighted by Gasteiger charge is 2.49. The van der Waals surface area contributed by atoms with Gasteiger partial charge in [-0.3, -0.25) is 9.69 Å². The van der Waals surface area contributed by atoms with Crippen LogP contribution in [0.1, 0.15) is 17.1 Å². The maximum atomic E-state index is 12.2. The van der Waals surface area contributed by atoms with Gasteiger partial charge in [0.2, 0.25) is 5.71 Å². The van der Waals surface area contributed by atoms with E-state index in [9.17, 15) is 9.59 Å². The Morgan fingerprint density at radius 3 is 3.21 bits per heavy atom. The van der Waals surface area contributed by atoms with E-state index < -0.39 is 5.97 Å². The molecule has 0 spiro atoms. The summed E-state index contributed by atoms with van der Waals surface area (Å²) in [7, 11) is 0. The molecule has 2 aromatic heterocycles. The van der Waals surface area contributed by atoms with Crippen LogP contribution in [0.3, 0.4) is 0 Å². The lowest BCUT2D eigenvalue weighted by molar-refractivity contribution is -0.141. The monoisotopic (exact) mass is 345 g/mol. The Kier molecular flexibility index (Phi) is 2.74. The molecule has 1 saturated heterocycles. The van der Waals surface area contributed by atoms with E-state index in [0.717, 1.165) is 17.9 Å². The zero-order valence-corrected chi connectivity index (χ0v) is 13.1. The maximum Gasteiger partial charge on any atom is 0.353 e. The number of nitrogens with zero attached hydrogens (tertiary/aromatic N) is 3. The summed E-state index contributed by atoms with van der Waals surface area (Å²) in [6.45, 7) is 1.08. The number of carboxylic acids is 1. The first-order chi connectivity index (χ1) is 11.6. The van der Waals surface area contributed by atoms with Crippen molar-refractivity contribution in [3.05, 3.63) is 39.9 Å². The number of fused-ring (bicyclic) bond motifs is 4. The van der Waals surface area contributed by atoms with Crippen molar-refractivity contribution in [2.24, 2.45) is 0 Å². The molecule has 3 aliphatic rings. The standard InChI is InChI=1S/C15H11N3O5S/c19-13-8(14-17(13)10(6-24-14)15(20)21)3-7-4-12-18(16-7)9-1-2-22-5-11(9)23-12/h3-4,6,14H,1-2,5H2,(H,20,21)/b8-3-/t14-/m1/s1. The molecule has 1 fully saturated rings. The molecule has 0 unspecified atom stereocenters. The van der Waals surface area contributed by atoms with Gasteiger partial charge in [-0.1, -0.05) is 0 Å². The van der Waals surface area contributed by atoms with Crippen LogP contribution in [0.15, 0.2) is 27.2 Å². The van der Waals surface area contributed by atoms with E-state index in [1.165, 1.54) is 22.1 Å². The lowest BCUT2D eigenvalue weighted by Gasteiger charge is -2.36. The topological polar surface area (TPSA) is 97.3 Å². The Morgan fingerprint density at radius 1 is 1.50 bits per heavy atom. The van der Waals surface area contributed by atoms with Gasteiger partial charge in [0, 0.05) is 17.9 Å². The van der Waals surface area contributed by atoms with Gasteiger partial charge in [-0.25, -0.2) is 9.31 Å². The first-order valence-electron chi connectivity index (χ1n) is 7.35. The second-order valence-electron chi connectivity index (χ2n) is 5.67. The second kappa shape index (κ2) is 4.74. The molecule has 5 heterocycles. The molecule has 1 amide bonds. The lowest BCUT2D eigenvalue weighted by Crippen LogP contribution is -2.51. The summed E-state index contributed by atoms with van der Waals surface area (Å²) < 4.78 is 12.8. The number of thioether (sulfide) groups is 1. The summed E-state index contributed by atoms with van der Waals surface area (Å²) in [4.78, 5) is 24.6. The molecule has 0 bridgehead atoms. The van der Waals surface area contributed by atoms with E-state index >= 15 is 0 Å². The predicted octanol–water partition coefficient (Wildman–Crippen LogP) is 1.22. The van der Waals surface area contributed by atoms with Crippen molar-refractivity contribution in [3.8, 4) is 0 Å². The fourth-order valence-corrected chi connectivity index (χ4v) is 4.26. The molecule has 24 heavy (non-hydrogen) atoms. The minimum absolute atomic E-state index is 0.0276. The van der Waals surface area contributed by atoms with Gasteiger partial charge in [-0.05, 0) is 6.08 Å². The van der Waals surface area contributed by atoms with E-state index in [4.69, 9.17) is 14.3 Å². The van der Waals surface area contributed by atoms with Gasteiger partial charge in [0.1, 0.15) is 17.7 Å². The molecule has 0 saturated carbocycles. The third kappa shape index (κ3) is 1.76. The number of rotatable bonds is 2. The van der Waals surface area contributed by atoms with Crippen LogP contribution < -0.4 is 0 Å². The minimum atomic E-state index is -1.09. The molecule has 1 N–H and O–H groups in total. The van der Waals surface area contributed by atoms with Crippen molar-refractivity contribution >= 4 is 35.4 Å². The number of ether oxygens (including phenoxy) is 1. The molecule has 122 valence electrons. The fourth-order valence-electron chi connectivity index (χ4n) is 3.14. The number of carbonyl (C=O) groups excluding carboxylic acids is 1. The molecular weight excluding hydrogens is 334 g/mol. The highest BCUT2D eigenvalue weighted by atomic mass is 32.2. The fraction of sp³-hybridized carbons (Fsp3) is 0.267. The predicted molar refractivity (Wildman–Crippen MR) is 82.7 cm³/mol. The Hall–Kier alpha value is -2.52. The molecular formula is C15H11N3O5S. The van der Waals surface area contributed by atoms with Gasteiger partial charge < -0.3 is 14.3 Å². The number of aromatic nitrogens is 2. The minimum Gasteiger partial charge on any atom is -0.477 e. The lowest BCUT2D eigenvalue weighted by atomic mass is 10.0. The van der Waals surface area contributed by atoms with Gasteiger partial charge in [0.25, 0.3) is 5.91 Å². The van der Waals surface area contributed by atoms with Crippen LogP contribution in [0, 0.1) is 0 Å². The highest BCUT2D eigenvalue weighted by Crippen LogP contribution is 2.45. The number of carbonyl (C=O) groups is 2. The zero-order valence-electron chi connectivity index (χ0n) is 12.3. The molecule has 3 aliphatic heterocycles. The number of β-lactam (4-membered cyclic amide) rings is 1. The molecule has 5 rings (SSSR count). The van der Waals surface area contributed by atoms with Crippen molar-refractivity contribution in [2.75, 3.05) is 6.61 Å². The number of hydrogen-bond donors (Lipinski definition) is 1. The van der Waals surface area contributed by atoms with Crippen LogP contribution in [0.5, 0.6) is 0 Å². The van der Waals surface area contributed by atoms with Crippen LogP contribution in [-0.4, -0.2) is 43.5 Å². The number of aliphatic carboxylic acids is 1. The summed E-state index contributed by atoms with van der Waals surface area (Å²) in [5.41, 5.74) is 2.80. The number of oxazole rings is 1. The highest BCUT2D eigenvalue weighted by molar-refractivity contribution is 8.03. The molecule has 0 radical (unpaired) electrons. The number of amides is 1. The number of hydrogen-bond acceptors (Lipinski definition) is 6. The second-order valence-corrected chi connectivity index (χ2v) is 6.62. The third-order valence-electron chi connectivity index (χ3n) is 4.27. The van der Waals surface area contributed by atoms with Crippen molar-refractivity contribution in [2.45, 2.75) is 18.4 Å². The van der Waals surface area contributed by atoms with Gasteiger partial charge in [-0.15, -0.1) is 11.8 Å². The summed E-state index contributed by atoms with van der Waals surface area (Å²) in [6.07, 6.45) is 2.43. The van der Waals surface area contributed by atoms with Crippen molar-refractivity contribution in [1.29, 1.82) is 0 Å². The maximum absolute atomic E-state index is 12.2. The Labute approximate surface area is 139 Å². The average Bonchev–Trinajstić information content (AvgIpc) is 3.22. The number of carboxylic acid groups (broad SMARTS) is 1. The summed E-state index contributed by atoms with van der Waals surface area (Å²) in [5, 5.41) is 14.8. The van der Waals surface area contributed by atoms with Crippen LogP contribution >= 0.6 is 11.8 Å². The normalized spacial score (nSPS) is 24.1. The Morgan fingerprint density at radius 2 is 2.38 bits per heavy atom. The van der Waals surface area contributed by atoms with Crippen molar-refractivity contribution < 1.29 is 23.8 Å². The zero-order chi connectivity index (χ0) is 16.4. The summed E-state index contributed by atoms with van der Waals surface area (Å²) in [5.74, 6) is -0.597. The van der Waals surface area contributed by atoms with Crippen LogP contribution in [0.2, 0.25) is 0 Å². The molecule has 2 aromatic rings. The van der Waals surface area contributed by atoms with Crippen LogP contribution in [0.4, 0.5) is 0 Å². The molecule has 9 heteroatoms. The van der Waals surface area contributed by atoms with Crippen molar-refractivity contribution in [3.63, 3.8) is 0 Å². The van der Waals surface area contributed by atoms with Gasteiger partial charge >= 0.3 is 5.97 Å². The van der Waals surface area contributed by atoms with E-state index in [2.05, 4.69) is 5.10 Å². The molecule has 8 nitrogen and oxygen atoms in total. The van der Waals surface area contributed by atoms with Crippen molar-refractivity contribution in [1.82, 2.24) is 14.5 Å². The van der Waals surface area contributed by atoms with E-state index in [-0.39, 0.29) is 17.0 Å². The largest absolute Gasteiger partial charge is 0.477 e. The van der Waals surface area contributed by atoms with E-state index in [0.29, 0.717) is 30.2 Å². The SMILES string of the molecule is O=C(O)C1=CS[C@@H]2/C(=C\c3cc4oc5c(n4n3)CCOC5)C(=O)N12. The molecule has 0 aromatic carbocycles. The summed E-state index contributed by atoms with van der Waals surface area (Å²) in [6, 6.07) is 1.77. The summed E-state index contributed by atoms with van der Waals surface area (Å²) >= 11 is 1.31. The first kappa shape index (κ1) is 13.9. The van der Waals surface area contributed by atoms with Crippen LogP contribution in [-0.2, 0) is 27.4 Å². The van der Waals surface area contributed by atoms with Crippen LogP contribution in [0.25, 0.3) is 11.8 Å². The smallest absolute Gasteiger partial charge is 0.353 e. The first-order valence-corrected chi connectivity index (χ1v) is 8.30. The quantitative estimate of drug-likeness (QED) is 0.646. The average molecular weight is 345 g/mol. The Balaban J connectivity index is 1.47. The van der Waals surface area contributed by atoms with Gasteiger partial charge in [0.15, 0.2) is 5.76 Å².